The number of aryl methyl sites for hydroxylation is 1. The van der Waals surface area contributed by atoms with E-state index in [-0.39, 0.29) is 5.91 Å². The van der Waals surface area contributed by atoms with Crippen LogP contribution in [0.15, 0.2) is 12.7 Å². The minimum Gasteiger partial charge on any atom is -0.346 e. The maximum absolute atomic E-state index is 11.5. The monoisotopic (exact) mass is 223 g/mol. The molecule has 1 N–H and O–H groups in total. The molecule has 0 spiro atoms. The number of fused-ring (bicyclic) bond motifs is 1. The fourth-order valence-corrected chi connectivity index (χ4v) is 1.85. The number of carbonyl (C=O) groups is 1. The first-order chi connectivity index (χ1) is 7.22. The van der Waals surface area contributed by atoms with E-state index in [0.29, 0.717) is 22.3 Å². The molecule has 0 fully saturated rings. The van der Waals surface area contributed by atoms with Crippen molar-refractivity contribution >= 4 is 22.2 Å². The molecule has 1 amide bonds. The summed E-state index contributed by atoms with van der Waals surface area (Å²) >= 11 is 1.21. The minimum atomic E-state index is -0.218. The summed E-state index contributed by atoms with van der Waals surface area (Å²) in [6.07, 6.45) is 1.61. The van der Waals surface area contributed by atoms with E-state index in [1.165, 1.54) is 11.3 Å². The van der Waals surface area contributed by atoms with Gasteiger partial charge in [0.2, 0.25) is 9.97 Å². The molecule has 2 aromatic heterocycles. The quantitative estimate of drug-likeness (QED) is 0.765. The average molecular weight is 223 g/mol. The number of hydrogen-bond acceptors (Lipinski definition) is 5. The molecule has 78 valence electrons. The van der Waals surface area contributed by atoms with Crippen molar-refractivity contribution in [3.63, 3.8) is 0 Å². The summed E-state index contributed by atoms with van der Waals surface area (Å²) in [4.78, 5) is 12.1. The first kappa shape index (κ1) is 9.78. The molecular weight excluding hydrogens is 214 g/mol. The van der Waals surface area contributed by atoms with E-state index >= 15 is 0 Å². The SMILES string of the molecule is C=CCNC(=O)c1nn2c(C)nnc2s1. The molecule has 0 bridgehead atoms. The zero-order valence-corrected chi connectivity index (χ0v) is 8.91. The molecule has 0 aliphatic heterocycles. The minimum absolute atomic E-state index is 0.218. The van der Waals surface area contributed by atoms with Gasteiger partial charge in [-0.2, -0.15) is 4.52 Å². The van der Waals surface area contributed by atoms with Crippen molar-refractivity contribution in [1.29, 1.82) is 0 Å². The van der Waals surface area contributed by atoms with Crippen LogP contribution in [0.1, 0.15) is 15.6 Å². The Hall–Kier alpha value is -1.76. The molecule has 0 aromatic carbocycles. The molecule has 6 nitrogen and oxygen atoms in total. The fraction of sp³-hybridized carbons (Fsp3) is 0.250. The van der Waals surface area contributed by atoms with Gasteiger partial charge in [0.15, 0.2) is 5.82 Å². The zero-order valence-electron chi connectivity index (χ0n) is 8.10. The Kier molecular flexibility index (Phi) is 2.46. The Bertz CT molecular complexity index is 514. The lowest BCUT2D eigenvalue weighted by Crippen LogP contribution is -2.23. The summed E-state index contributed by atoms with van der Waals surface area (Å²) in [7, 11) is 0. The summed E-state index contributed by atoms with van der Waals surface area (Å²) < 4.78 is 1.55. The molecule has 2 rings (SSSR count). The molecule has 0 saturated heterocycles. The summed E-state index contributed by atoms with van der Waals surface area (Å²) in [5.41, 5.74) is 0. The number of amides is 1. The Morgan fingerprint density at radius 3 is 3.13 bits per heavy atom. The van der Waals surface area contributed by atoms with Crippen molar-refractivity contribution in [2.45, 2.75) is 6.92 Å². The van der Waals surface area contributed by atoms with Gasteiger partial charge < -0.3 is 5.32 Å². The molecule has 7 heteroatoms. The van der Waals surface area contributed by atoms with Crippen LogP contribution < -0.4 is 5.32 Å². The number of nitrogens with zero attached hydrogens (tertiary/aromatic N) is 4. The number of carbonyl (C=O) groups excluding carboxylic acids is 1. The van der Waals surface area contributed by atoms with E-state index in [0.717, 1.165) is 0 Å². The molecular formula is C8H9N5OS. The van der Waals surface area contributed by atoms with Crippen LogP contribution >= 0.6 is 11.3 Å². The summed E-state index contributed by atoms with van der Waals surface area (Å²) in [6.45, 7) is 5.73. The zero-order chi connectivity index (χ0) is 10.8. The average Bonchev–Trinajstić information content (AvgIpc) is 2.78. The van der Waals surface area contributed by atoms with Gasteiger partial charge in [0.25, 0.3) is 5.91 Å². The van der Waals surface area contributed by atoms with Gasteiger partial charge in [-0.25, -0.2) is 0 Å². The number of rotatable bonds is 3. The van der Waals surface area contributed by atoms with Crippen molar-refractivity contribution in [1.82, 2.24) is 25.1 Å². The van der Waals surface area contributed by atoms with Crippen LogP contribution in [0.3, 0.4) is 0 Å². The van der Waals surface area contributed by atoms with Crippen molar-refractivity contribution in [3.8, 4) is 0 Å². The van der Waals surface area contributed by atoms with Gasteiger partial charge in [0, 0.05) is 6.54 Å². The first-order valence-electron chi connectivity index (χ1n) is 4.30. The smallest absolute Gasteiger partial charge is 0.282 e. The first-order valence-corrected chi connectivity index (χ1v) is 5.12. The lowest BCUT2D eigenvalue weighted by atomic mass is 10.5. The van der Waals surface area contributed by atoms with Crippen LogP contribution in [0, 0.1) is 6.92 Å². The summed E-state index contributed by atoms with van der Waals surface area (Å²) in [5.74, 6) is 0.453. The summed E-state index contributed by atoms with van der Waals surface area (Å²) in [6, 6.07) is 0. The Morgan fingerprint density at radius 2 is 2.47 bits per heavy atom. The molecule has 0 radical (unpaired) electrons. The molecule has 0 aliphatic carbocycles. The van der Waals surface area contributed by atoms with Crippen LogP contribution in [0.4, 0.5) is 0 Å². The van der Waals surface area contributed by atoms with Gasteiger partial charge in [-0.05, 0) is 6.92 Å². The van der Waals surface area contributed by atoms with Gasteiger partial charge in [0.05, 0.1) is 0 Å². The van der Waals surface area contributed by atoms with Crippen LogP contribution in [0.2, 0.25) is 0 Å². The van der Waals surface area contributed by atoms with Crippen LogP contribution in [-0.2, 0) is 0 Å². The summed E-state index contributed by atoms with van der Waals surface area (Å²) in [5, 5.41) is 14.8. The van der Waals surface area contributed by atoms with E-state index in [2.05, 4.69) is 27.2 Å². The van der Waals surface area contributed by atoms with E-state index in [4.69, 9.17) is 0 Å². The lowest BCUT2D eigenvalue weighted by molar-refractivity contribution is 0.0956. The Morgan fingerprint density at radius 1 is 1.67 bits per heavy atom. The van der Waals surface area contributed by atoms with Gasteiger partial charge >= 0.3 is 0 Å². The van der Waals surface area contributed by atoms with Gasteiger partial charge in [-0.15, -0.1) is 21.9 Å². The Labute approximate surface area is 89.6 Å². The predicted molar refractivity (Wildman–Crippen MR) is 55.9 cm³/mol. The molecule has 15 heavy (non-hydrogen) atoms. The molecule has 0 unspecified atom stereocenters. The highest BCUT2D eigenvalue weighted by molar-refractivity contribution is 7.18. The standard InChI is InChI=1S/C8H9N5OS/c1-3-4-9-6(14)7-12-13-5(2)10-11-8(13)15-7/h3H,1,4H2,2H3,(H,9,14). The normalized spacial score (nSPS) is 10.5. The van der Waals surface area contributed by atoms with Crippen molar-refractivity contribution in [3.05, 3.63) is 23.5 Å². The van der Waals surface area contributed by atoms with E-state index in [1.54, 1.807) is 17.5 Å². The molecule has 0 atom stereocenters. The number of aromatic nitrogens is 4. The number of hydrogen-bond donors (Lipinski definition) is 1. The second-order valence-corrected chi connectivity index (χ2v) is 3.80. The topological polar surface area (TPSA) is 72.2 Å². The Balaban J connectivity index is 2.28. The molecule has 2 aromatic rings. The predicted octanol–water partition coefficient (Wildman–Crippen LogP) is 0.410. The molecule has 2 heterocycles. The van der Waals surface area contributed by atoms with E-state index in [9.17, 15) is 4.79 Å². The number of nitrogens with one attached hydrogen (secondary N) is 1. The van der Waals surface area contributed by atoms with Crippen LogP contribution in [0.25, 0.3) is 4.96 Å². The fourth-order valence-electron chi connectivity index (χ4n) is 1.05. The van der Waals surface area contributed by atoms with Gasteiger partial charge in [-0.1, -0.05) is 17.4 Å². The maximum Gasteiger partial charge on any atom is 0.282 e. The molecule has 0 aliphatic rings. The van der Waals surface area contributed by atoms with Crippen molar-refractivity contribution < 1.29 is 4.79 Å². The highest BCUT2D eigenvalue weighted by atomic mass is 32.1. The van der Waals surface area contributed by atoms with E-state index in [1.807, 2.05) is 0 Å². The van der Waals surface area contributed by atoms with E-state index < -0.39 is 0 Å². The second kappa shape index (κ2) is 3.77. The highest BCUT2D eigenvalue weighted by Gasteiger charge is 2.14. The second-order valence-electron chi connectivity index (χ2n) is 2.85. The third kappa shape index (κ3) is 1.73. The molecule has 0 saturated carbocycles. The van der Waals surface area contributed by atoms with Gasteiger partial charge in [-0.3, -0.25) is 4.79 Å². The van der Waals surface area contributed by atoms with Gasteiger partial charge in [0.1, 0.15) is 0 Å². The highest BCUT2D eigenvalue weighted by Crippen LogP contribution is 2.12. The third-order valence-corrected chi connectivity index (χ3v) is 2.65. The maximum atomic E-state index is 11.5. The lowest BCUT2D eigenvalue weighted by Gasteiger charge is -1.95. The van der Waals surface area contributed by atoms with Crippen LogP contribution in [-0.4, -0.2) is 32.3 Å². The van der Waals surface area contributed by atoms with Crippen LogP contribution in [0.5, 0.6) is 0 Å². The largest absolute Gasteiger partial charge is 0.346 e. The third-order valence-electron chi connectivity index (χ3n) is 1.75. The van der Waals surface area contributed by atoms with Crippen molar-refractivity contribution in [2.24, 2.45) is 0 Å². The van der Waals surface area contributed by atoms with Crippen molar-refractivity contribution in [2.75, 3.05) is 6.54 Å².